The lowest BCUT2D eigenvalue weighted by Crippen LogP contribution is -2.35. The molecule has 106 valence electrons. The van der Waals surface area contributed by atoms with Crippen molar-refractivity contribution in [1.82, 2.24) is 5.32 Å². The quantitative estimate of drug-likeness (QED) is 0.676. The van der Waals surface area contributed by atoms with E-state index in [9.17, 15) is 5.11 Å². The number of ether oxygens (including phenoxy) is 1. The second kappa shape index (κ2) is 6.57. The molecule has 1 aromatic rings. The Hall–Kier alpha value is -0.810. The summed E-state index contributed by atoms with van der Waals surface area (Å²) >= 11 is 5.84. The standard InChI is InChI=1S/C14H20ClNO3/c15-11-2-1-3-13(6-11)19-8-12(18)7-16-9-14(10-17)4-5-14/h1-3,6,12,16-18H,4-5,7-10H2. The van der Waals surface area contributed by atoms with E-state index >= 15 is 0 Å². The van der Waals surface area contributed by atoms with Gasteiger partial charge in [-0.25, -0.2) is 0 Å². The van der Waals surface area contributed by atoms with Gasteiger partial charge >= 0.3 is 0 Å². The van der Waals surface area contributed by atoms with E-state index in [1.54, 1.807) is 24.3 Å². The average Bonchev–Trinajstić information content (AvgIpc) is 3.17. The van der Waals surface area contributed by atoms with Gasteiger partial charge in [0.05, 0.1) is 0 Å². The van der Waals surface area contributed by atoms with Gasteiger partial charge in [-0.2, -0.15) is 0 Å². The molecule has 1 aliphatic rings. The van der Waals surface area contributed by atoms with E-state index in [1.165, 1.54) is 0 Å². The second-order valence-electron chi connectivity index (χ2n) is 5.21. The monoisotopic (exact) mass is 285 g/mol. The van der Waals surface area contributed by atoms with Crippen LogP contribution < -0.4 is 10.1 Å². The molecule has 4 nitrogen and oxygen atoms in total. The predicted octanol–water partition coefficient (Wildman–Crippen LogP) is 1.44. The first-order valence-electron chi connectivity index (χ1n) is 6.52. The molecule has 5 heteroatoms. The van der Waals surface area contributed by atoms with Crippen LogP contribution >= 0.6 is 11.6 Å². The van der Waals surface area contributed by atoms with Gasteiger partial charge in [0.15, 0.2) is 0 Å². The van der Waals surface area contributed by atoms with Crippen LogP contribution in [0.25, 0.3) is 0 Å². The van der Waals surface area contributed by atoms with Crippen LogP contribution in [0.15, 0.2) is 24.3 Å². The minimum atomic E-state index is -0.575. The molecule has 1 aliphatic carbocycles. The average molecular weight is 286 g/mol. The molecule has 0 bridgehead atoms. The van der Waals surface area contributed by atoms with Gasteiger partial charge in [-0.1, -0.05) is 17.7 Å². The van der Waals surface area contributed by atoms with Crippen LogP contribution in [0.3, 0.4) is 0 Å². The van der Waals surface area contributed by atoms with Crippen molar-refractivity contribution in [2.45, 2.75) is 18.9 Å². The van der Waals surface area contributed by atoms with Crippen molar-refractivity contribution in [2.24, 2.45) is 5.41 Å². The Morgan fingerprint density at radius 3 is 2.84 bits per heavy atom. The van der Waals surface area contributed by atoms with E-state index in [2.05, 4.69) is 5.32 Å². The molecule has 0 saturated heterocycles. The molecule has 1 unspecified atom stereocenters. The molecular weight excluding hydrogens is 266 g/mol. The van der Waals surface area contributed by atoms with Crippen LogP contribution in [0.2, 0.25) is 5.02 Å². The minimum absolute atomic E-state index is 0.0630. The molecule has 0 aromatic heterocycles. The van der Waals surface area contributed by atoms with Crippen LogP contribution in [0.5, 0.6) is 5.75 Å². The van der Waals surface area contributed by atoms with Crippen LogP contribution in [0.1, 0.15) is 12.8 Å². The summed E-state index contributed by atoms with van der Waals surface area (Å²) in [6.45, 7) is 1.65. The second-order valence-corrected chi connectivity index (χ2v) is 5.65. The van der Waals surface area contributed by atoms with Gasteiger partial charge < -0.3 is 20.3 Å². The molecule has 2 rings (SSSR count). The fraction of sp³-hybridized carbons (Fsp3) is 0.571. The zero-order valence-corrected chi connectivity index (χ0v) is 11.6. The lowest BCUT2D eigenvalue weighted by molar-refractivity contribution is 0.103. The summed E-state index contributed by atoms with van der Waals surface area (Å²) in [7, 11) is 0. The number of hydrogen-bond acceptors (Lipinski definition) is 4. The van der Waals surface area contributed by atoms with Crippen LogP contribution in [0.4, 0.5) is 0 Å². The van der Waals surface area contributed by atoms with Crippen molar-refractivity contribution in [1.29, 1.82) is 0 Å². The van der Waals surface area contributed by atoms with Gasteiger partial charge in [0.2, 0.25) is 0 Å². The molecule has 0 spiro atoms. The van der Waals surface area contributed by atoms with Gasteiger partial charge in [-0.3, -0.25) is 0 Å². The van der Waals surface area contributed by atoms with Gasteiger partial charge in [-0.15, -0.1) is 0 Å². The predicted molar refractivity (Wildman–Crippen MR) is 74.6 cm³/mol. The Morgan fingerprint density at radius 1 is 1.42 bits per heavy atom. The number of benzene rings is 1. The number of hydrogen-bond donors (Lipinski definition) is 3. The summed E-state index contributed by atoms with van der Waals surface area (Å²) in [4.78, 5) is 0. The Morgan fingerprint density at radius 2 is 2.21 bits per heavy atom. The Labute approximate surface area is 118 Å². The molecular formula is C14H20ClNO3. The molecule has 1 atom stereocenters. The summed E-state index contributed by atoms with van der Waals surface area (Å²) < 4.78 is 5.45. The van der Waals surface area contributed by atoms with Crippen molar-refractivity contribution < 1.29 is 14.9 Å². The highest BCUT2D eigenvalue weighted by Gasteiger charge is 2.41. The van der Waals surface area contributed by atoms with Crippen molar-refractivity contribution in [3.8, 4) is 5.75 Å². The first kappa shape index (κ1) is 14.6. The van der Waals surface area contributed by atoms with Gasteiger partial charge in [0.25, 0.3) is 0 Å². The molecule has 1 aromatic carbocycles. The summed E-state index contributed by atoms with van der Waals surface area (Å²) in [5.41, 5.74) is 0.0630. The third-order valence-corrected chi connectivity index (χ3v) is 3.65. The Bertz CT molecular complexity index is 409. The number of halogens is 1. The normalized spacial score (nSPS) is 18.1. The van der Waals surface area contributed by atoms with E-state index in [1.807, 2.05) is 0 Å². The first-order valence-corrected chi connectivity index (χ1v) is 6.89. The van der Waals surface area contributed by atoms with Gasteiger partial charge in [0.1, 0.15) is 18.5 Å². The molecule has 0 aliphatic heterocycles. The zero-order chi connectivity index (χ0) is 13.7. The van der Waals surface area contributed by atoms with Gasteiger partial charge in [-0.05, 0) is 31.0 Å². The highest BCUT2D eigenvalue weighted by atomic mass is 35.5. The SMILES string of the molecule is OCC1(CNCC(O)COc2cccc(Cl)c2)CC1. The fourth-order valence-corrected chi connectivity index (χ4v) is 2.06. The minimum Gasteiger partial charge on any atom is -0.491 e. The molecule has 0 heterocycles. The Balaban J connectivity index is 1.63. The zero-order valence-electron chi connectivity index (χ0n) is 10.8. The molecule has 0 radical (unpaired) electrons. The van der Waals surface area contributed by atoms with E-state index in [0.717, 1.165) is 19.4 Å². The van der Waals surface area contributed by atoms with Crippen molar-refractivity contribution in [3.05, 3.63) is 29.3 Å². The maximum atomic E-state index is 9.79. The van der Waals surface area contributed by atoms with Crippen LogP contribution in [-0.4, -0.2) is 42.6 Å². The lowest BCUT2D eigenvalue weighted by atomic mass is 10.1. The fourth-order valence-electron chi connectivity index (χ4n) is 1.88. The van der Waals surface area contributed by atoms with Crippen molar-refractivity contribution in [3.63, 3.8) is 0 Å². The molecule has 1 saturated carbocycles. The van der Waals surface area contributed by atoms with E-state index < -0.39 is 6.10 Å². The molecule has 3 N–H and O–H groups in total. The maximum Gasteiger partial charge on any atom is 0.120 e. The number of rotatable bonds is 8. The topological polar surface area (TPSA) is 61.7 Å². The number of aliphatic hydroxyl groups excluding tert-OH is 2. The largest absolute Gasteiger partial charge is 0.491 e. The lowest BCUT2D eigenvalue weighted by Gasteiger charge is -2.16. The number of aliphatic hydroxyl groups is 2. The molecule has 0 amide bonds. The maximum absolute atomic E-state index is 9.79. The third kappa shape index (κ3) is 4.66. The van der Waals surface area contributed by atoms with E-state index in [-0.39, 0.29) is 18.6 Å². The highest BCUT2D eigenvalue weighted by molar-refractivity contribution is 6.30. The smallest absolute Gasteiger partial charge is 0.120 e. The van der Waals surface area contributed by atoms with Crippen molar-refractivity contribution in [2.75, 3.05) is 26.3 Å². The molecule has 1 fully saturated rings. The molecule has 19 heavy (non-hydrogen) atoms. The van der Waals surface area contributed by atoms with Crippen LogP contribution in [-0.2, 0) is 0 Å². The van der Waals surface area contributed by atoms with Gasteiger partial charge in [0, 0.05) is 30.1 Å². The highest BCUT2D eigenvalue weighted by Crippen LogP contribution is 2.44. The van der Waals surface area contributed by atoms with Crippen molar-refractivity contribution >= 4 is 11.6 Å². The third-order valence-electron chi connectivity index (χ3n) is 3.41. The summed E-state index contributed by atoms with van der Waals surface area (Å²) in [5.74, 6) is 0.653. The summed E-state index contributed by atoms with van der Waals surface area (Å²) in [5, 5.41) is 22.7. The van der Waals surface area contributed by atoms with E-state index in [0.29, 0.717) is 17.3 Å². The first-order chi connectivity index (χ1) is 9.13. The summed E-state index contributed by atoms with van der Waals surface area (Å²) in [6, 6.07) is 7.10. The summed E-state index contributed by atoms with van der Waals surface area (Å²) in [6.07, 6.45) is 1.55. The van der Waals surface area contributed by atoms with E-state index in [4.69, 9.17) is 21.4 Å². The number of nitrogens with one attached hydrogen (secondary N) is 1. The van der Waals surface area contributed by atoms with Crippen LogP contribution in [0, 0.1) is 5.41 Å². The Kier molecular flexibility index (Phi) is 5.05.